The Hall–Kier alpha value is -2.91. The lowest BCUT2D eigenvalue weighted by atomic mass is 10.0. The fourth-order valence-electron chi connectivity index (χ4n) is 2.67. The quantitative estimate of drug-likeness (QED) is 0.441. The molecule has 2 amide bonds. The molecule has 1 aliphatic rings. The largest absolute Gasteiger partial charge is 0.497 e. The van der Waals surface area contributed by atoms with Crippen LogP contribution in [-0.2, 0) is 15.8 Å². The van der Waals surface area contributed by atoms with E-state index in [0.717, 1.165) is 23.1 Å². The Balaban J connectivity index is 2.09. The van der Waals surface area contributed by atoms with Crippen molar-refractivity contribution in [3.05, 3.63) is 64.2 Å². The van der Waals surface area contributed by atoms with E-state index in [2.05, 4.69) is 5.32 Å². The highest BCUT2D eigenvalue weighted by Gasteiger charge is 2.37. The lowest BCUT2D eigenvalue weighted by molar-refractivity contribution is -0.138. The molecule has 0 spiro atoms. The first-order valence-electron chi connectivity index (χ1n) is 8.04. The van der Waals surface area contributed by atoms with Crippen molar-refractivity contribution in [2.45, 2.75) is 6.18 Å². The van der Waals surface area contributed by atoms with Crippen molar-refractivity contribution in [3.8, 4) is 5.75 Å². The van der Waals surface area contributed by atoms with Gasteiger partial charge in [0, 0.05) is 5.02 Å². The molecule has 0 atom stereocenters. The van der Waals surface area contributed by atoms with Gasteiger partial charge in [-0.1, -0.05) is 17.7 Å². The van der Waals surface area contributed by atoms with E-state index in [0.29, 0.717) is 10.7 Å². The summed E-state index contributed by atoms with van der Waals surface area (Å²) in [4.78, 5) is 26.2. The Morgan fingerprint density at radius 1 is 1.14 bits per heavy atom. The maximum absolute atomic E-state index is 13.4. The minimum Gasteiger partial charge on any atom is -0.497 e. The van der Waals surface area contributed by atoms with Crippen molar-refractivity contribution in [3.63, 3.8) is 0 Å². The molecule has 2 aromatic carbocycles. The first-order valence-corrected chi connectivity index (χ1v) is 8.82. The fraction of sp³-hybridized carbons (Fsp3) is 0.105. The minimum absolute atomic E-state index is 0.0112. The fourth-order valence-corrected chi connectivity index (χ4v) is 3.08. The highest BCUT2D eigenvalue weighted by atomic mass is 35.5. The average molecular weight is 441 g/mol. The standard InChI is InChI=1S/C19H12ClF3N2O3S/c1-28-13-7-2-10(15(9-13)19(21,22)23)8-14-16(26)24-18(29)25(17(14)27)12-5-3-11(20)4-6-12/h2-9H,1H3,(H,24,26,29)/b14-8+. The highest BCUT2D eigenvalue weighted by Crippen LogP contribution is 2.36. The summed E-state index contributed by atoms with van der Waals surface area (Å²) in [6.07, 6.45) is -3.84. The SMILES string of the molecule is COc1ccc(/C=C2\C(=O)NC(=S)N(c3ccc(Cl)cc3)C2=O)c(C(F)(F)F)c1. The summed E-state index contributed by atoms with van der Waals surface area (Å²) in [5.74, 6) is -1.76. The number of hydrogen-bond acceptors (Lipinski definition) is 4. The molecule has 1 saturated heterocycles. The topological polar surface area (TPSA) is 58.6 Å². The number of methoxy groups -OCH3 is 1. The van der Waals surface area contributed by atoms with Gasteiger partial charge in [0.1, 0.15) is 11.3 Å². The van der Waals surface area contributed by atoms with Crippen molar-refractivity contribution >= 4 is 52.5 Å². The highest BCUT2D eigenvalue weighted by molar-refractivity contribution is 7.80. The Labute approximate surface area is 173 Å². The van der Waals surface area contributed by atoms with Gasteiger partial charge in [-0.3, -0.25) is 19.8 Å². The summed E-state index contributed by atoms with van der Waals surface area (Å²) < 4.78 is 45.2. The zero-order chi connectivity index (χ0) is 21.3. The number of benzene rings is 2. The Morgan fingerprint density at radius 2 is 1.79 bits per heavy atom. The van der Waals surface area contributed by atoms with Crippen molar-refractivity contribution < 1.29 is 27.5 Å². The van der Waals surface area contributed by atoms with Gasteiger partial charge in [-0.25, -0.2) is 0 Å². The number of ether oxygens (including phenoxy) is 1. The molecule has 0 aliphatic carbocycles. The van der Waals surface area contributed by atoms with Crippen LogP contribution in [0.3, 0.4) is 0 Å². The molecular formula is C19H12ClF3N2O3S. The number of hydrogen-bond donors (Lipinski definition) is 1. The van der Waals surface area contributed by atoms with Gasteiger partial charge in [0.2, 0.25) is 0 Å². The van der Waals surface area contributed by atoms with Gasteiger partial charge in [0.25, 0.3) is 11.8 Å². The van der Waals surface area contributed by atoms with Gasteiger partial charge in [0.05, 0.1) is 18.4 Å². The third-order valence-electron chi connectivity index (χ3n) is 4.05. The van der Waals surface area contributed by atoms with Crippen LogP contribution in [-0.4, -0.2) is 24.0 Å². The molecular weight excluding hydrogens is 429 g/mol. The number of anilines is 1. The Morgan fingerprint density at radius 3 is 2.38 bits per heavy atom. The van der Waals surface area contributed by atoms with Crippen LogP contribution in [0.4, 0.5) is 18.9 Å². The Kier molecular flexibility index (Phi) is 5.63. The second kappa shape index (κ2) is 7.84. The second-order valence-electron chi connectivity index (χ2n) is 5.89. The first-order chi connectivity index (χ1) is 13.6. The number of amides is 2. The molecule has 0 bridgehead atoms. The molecule has 29 heavy (non-hydrogen) atoms. The molecule has 1 aliphatic heterocycles. The van der Waals surface area contributed by atoms with E-state index in [1.807, 2.05) is 0 Å². The lowest BCUT2D eigenvalue weighted by Crippen LogP contribution is -2.54. The zero-order valence-electron chi connectivity index (χ0n) is 14.7. The van der Waals surface area contributed by atoms with Gasteiger partial charge in [-0.2, -0.15) is 13.2 Å². The average Bonchev–Trinajstić information content (AvgIpc) is 2.65. The third-order valence-corrected chi connectivity index (χ3v) is 4.59. The molecule has 0 unspecified atom stereocenters. The van der Waals surface area contributed by atoms with E-state index in [1.165, 1.54) is 37.4 Å². The summed E-state index contributed by atoms with van der Waals surface area (Å²) in [7, 11) is 1.23. The molecule has 2 aromatic rings. The van der Waals surface area contributed by atoms with E-state index in [9.17, 15) is 22.8 Å². The molecule has 1 heterocycles. The monoisotopic (exact) mass is 440 g/mol. The van der Waals surface area contributed by atoms with E-state index < -0.39 is 29.1 Å². The maximum Gasteiger partial charge on any atom is 0.417 e. The molecule has 150 valence electrons. The molecule has 0 aromatic heterocycles. The summed E-state index contributed by atoms with van der Waals surface area (Å²) in [6, 6.07) is 9.23. The molecule has 1 N–H and O–H groups in total. The van der Waals surface area contributed by atoms with Crippen LogP contribution < -0.4 is 15.0 Å². The number of rotatable bonds is 3. The summed E-state index contributed by atoms with van der Waals surface area (Å²) in [5, 5.41) is 2.54. The summed E-state index contributed by atoms with van der Waals surface area (Å²) in [6.45, 7) is 0. The first kappa shape index (κ1) is 20.8. The number of alkyl halides is 3. The van der Waals surface area contributed by atoms with Crippen LogP contribution in [0, 0.1) is 0 Å². The van der Waals surface area contributed by atoms with E-state index in [1.54, 1.807) is 0 Å². The second-order valence-corrected chi connectivity index (χ2v) is 6.71. The van der Waals surface area contributed by atoms with E-state index >= 15 is 0 Å². The Bertz CT molecular complexity index is 1040. The van der Waals surface area contributed by atoms with Crippen molar-refractivity contribution in [2.24, 2.45) is 0 Å². The van der Waals surface area contributed by atoms with Gasteiger partial charge in [-0.05, 0) is 60.3 Å². The number of thiocarbonyl (C=S) groups is 1. The van der Waals surface area contributed by atoms with Crippen LogP contribution in [0.15, 0.2) is 48.0 Å². The maximum atomic E-state index is 13.4. The number of carbonyl (C=O) groups is 2. The zero-order valence-corrected chi connectivity index (χ0v) is 16.3. The van der Waals surface area contributed by atoms with Crippen molar-refractivity contribution in [2.75, 3.05) is 12.0 Å². The van der Waals surface area contributed by atoms with Crippen LogP contribution in [0.5, 0.6) is 5.75 Å². The smallest absolute Gasteiger partial charge is 0.417 e. The van der Waals surface area contributed by atoms with Crippen molar-refractivity contribution in [1.29, 1.82) is 0 Å². The molecule has 0 saturated carbocycles. The van der Waals surface area contributed by atoms with Gasteiger partial charge in [-0.15, -0.1) is 0 Å². The minimum atomic E-state index is -4.72. The number of nitrogens with zero attached hydrogens (tertiary/aromatic N) is 1. The molecule has 10 heteroatoms. The predicted octanol–water partition coefficient (Wildman–Crippen LogP) is 4.20. The van der Waals surface area contributed by atoms with Crippen LogP contribution in [0.25, 0.3) is 6.08 Å². The molecule has 0 radical (unpaired) electrons. The molecule has 3 rings (SSSR count). The van der Waals surface area contributed by atoms with Crippen LogP contribution in [0.2, 0.25) is 5.02 Å². The summed E-state index contributed by atoms with van der Waals surface area (Å²) in [5.41, 5.74) is -1.60. The van der Waals surface area contributed by atoms with Crippen molar-refractivity contribution in [1.82, 2.24) is 5.32 Å². The number of carbonyl (C=O) groups excluding carboxylic acids is 2. The van der Waals surface area contributed by atoms with E-state index in [-0.39, 0.29) is 16.4 Å². The van der Waals surface area contributed by atoms with E-state index in [4.69, 9.17) is 28.6 Å². The third kappa shape index (κ3) is 4.25. The molecule has 1 fully saturated rings. The predicted molar refractivity (Wildman–Crippen MR) is 106 cm³/mol. The number of halogens is 4. The summed E-state index contributed by atoms with van der Waals surface area (Å²) >= 11 is 10.9. The lowest BCUT2D eigenvalue weighted by Gasteiger charge is -2.29. The van der Waals surface area contributed by atoms with Gasteiger partial charge >= 0.3 is 6.18 Å². The van der Waals surface area contributed by atoms with Crippen LogP contribution in [0.1, 0.15) is 11.1 Å². The number of nitrogens with one attached hydrogen (secondary N) is 1. The van der Waals surface area contributed by atoms with Crippen LogP contribution >= 0.6 is 23.8 Å². The van der Waals surface area contributed by atoms with Gasteiger partial charge < -0.3 is 4.74 Å². The normalized spacial score (nSPS) is 16.2. The van der Waals surface area contributed by atoms with Gasteiger partial charge in [0.15, 0.2) is 5.11 Å². The molecule has 5 nitrogen and oxygen atoms in total.